The van der Waals surface area contributed by atoms with E-state index < -0.39 is 5.97 Å². The van der Waals surface area contributed by atoms with E-state index in [1.54, 1.807) is 23.8 Å². The average molecular weight is 515 g/mol. The van der Waals surface area contributed by atoms with Crippen LogP contribution in [0.2, 0.25) is 0 Å². The number of ether oxygens (including phenoxy) is 3. The van der Waals surface area contributed by atoms with E-state index in [2.05, 4.69) is 19.9 Å². The van der Waals surface area contributed by atoms with E-state index in [-0.39, 0.29) is 30.5 Å². The number of carbonyl (C=O) groups is 1. The van der Waals surface area contributed by atoms with Crippen LogP contribution in [0.4, 0.5) is 5.82 Å². The quantitative estimate of drug-likeness (QED) is 0.286. The predicted octanol–water partition coefficient (Wildman–Crippen LogP) is 1.54. The standard InChI is InChI=1S/C25H34N6O6/c1-35-13-14-37-24-28-22(26)21-23(29-24)31(25(34)27-21)10-7-17-5-8-30(9-6-17)11-12-36-19-4-2-3-18(15-19)16-20(32)33/h2-4,15,17H,5-14,16H2,1H3,(H,27,34)(H,32,33)(H2,26,28,29). The number of benzene rings is 1. The number of hydrogen-bond donors (Lipinski definition) is 3. The van der Waals surface area contributed by atoms with Crippen molar-refractivity contribution < 1.29 is 24.1 Å². The van der Waals surface area contributed by atoms with Gasteiger partial charge in [-0.1, -0.05) is 12.1 Å². The number of aryl methyl sites for hydroxylation is 1. The van der Waals surface area contributed by atoms with Crippen molar-refractivity contribution in [1.82, 2.24) is 24.4 Å². The van der Waals surface area contributed by atoms with Gasteiger partial charge >= 0.3 is 17.7 Å². The third-order valence-electron chi connectivity index (χ3n) is 6.55. The molecule has 0 atom stereocenters. The number of nitrogens with one attached hydrogen (secondary N) is 1. The van der Waals surface area contributed by atoms with E-state index in [9.17, 15) is 9.59 Å². The van der Waals surface area contributed by atoms with Crippen LogP contribution < -0.4 is 20.9 Å². The zero-order chi connectivity index (χ0) is 26.2. The summed E-state index contributed by atoms with van der Waals surface area (Å²) in [6.07, 6.45) is 2.91. The van der Waals surface area contributed by atoms with Crippen LogP contribution in [0.25, 0.3) is 11.2 Å². The van der Waals surface area contributed by atoms with Crippen molar-refractivity contribution in [3.8, 4) is 11.8 Å². The van der Waals surface area contributed by atoms with Crippen molar-refractivity contribution in [2.75, 3.05) is 52.3 Å². The van der Waals surface area contributed by atoms with Crippen LogP contribution in [0.3, 0.4) is 0 Å². The number of imidazole rings is 1. The number of likely N-dealkylation sites (tertiary alicyclic amines) is 1. The second-order valence-corrected chi connectivity index (χ2v) is 9.15. The minimum absolute atomic E-state index is 0.0148. The Kier molecular flexibility index (Phi) is 8.96. The normalized spacial score (nSPS) is 14.7. The molecule has 12 heteroatoms. The van der Waals surface area contributed by atoms with E-state index >= 15 is 0 Å². The first kappa shape index (κ1) is 26.4. The molecule has 0 unspecified atom stereocenters. The first-order valence-electron chi connectivity index (χ1n) is 12.5. The molecule has 2 aromatic heterocycles. The number of anilines is 1. The van der Waals surface area contributed by atoms with Crippen LogP contribution in [-0.4, -0.2) is 82.1 Å². The monoisotopic (exact) mass is 514 g/mol. The molecule has 0 amide bonds. The van der Waals surface area contributed by atoms with Crippen molar-refractivity contribution in [1.29, 1.82) is 0 Å². The summed E-state index contributed by atoms with van der Waals surface area (Å²) < 4.78 is 17.9. The largest absolute Gasteiger partial charge is 0.492 e. The van der Waals surface area contributed by atoms with Gasteiger partial charge in [0.1, 0.15) is 24.5 Å². The Morgan fingerprint density at radius 2 is 1.97 bits per heavy atom. The summed E-state index contributed by atoms with van der Waals surface area (Å²) in [6.45, 7) is 4.49. The van der Waals surface area contributed by atoms with Crippen molar-refractivity contribution in [2.45, 2.75) is 32.2 Å². The second-order valence-electron chi connectivity index (χ2n) is 9.15. The number of methoxy groups -OCH3 is 1. The molecule has 0 aliphatic carbocycles. The number of nitrogens with zero attached hydrogens (tertiary/aromatic N) is 4. The lowest BCUT2D eigenvalue weighted by atomic mass is 9.93. The molecular formula is C25H34N6O6. The van der Waals surface area contributed by atoms with Gasteiger partial charge in [-0.15, -0.1) is 0 Å². The van der Waals surface area contributed by atoms with Crippen molar-refractivity contribution >= 4 is 23.0 Å². The summed E-state index contributed by atoms with van der Waals surface area (Å²) in [5.74, 6) is 0.508. The third-order valence-corrected chi connectivity index (χ3v) is 6.55. The molecule has 0 spiro atoms. The van der Waals surface area contributed by atoms with E-state index in [0.29, 0.717) is 42.6 Å². The predicted molar refractivity (Wildman–Crippen MR) is 137 cm³/mol. The van der Waals surface area contributed by atoms with Crippen LogP contribution in [0.1, 0.15) is 24.8 Å². The topological polar surface area (TPSA) is 158 Å². The molecule has 4 rings (SSSR count). The van der Waals surface area contributed by atoms with Gasteiger partial charge in [0, 0.05) is 20.2 Å². The van der Waals surface area contributed by atoms with Gasteiger partial charge in [0.15, 0.2) is 11.5 Å². The molecule has 0 bridgehead atoms. The molecule has 1 saturated heterocycles. The molecule has 4 N–H and O–H groups in total. The Bertz CT molecular complexity index is 1250. The second kappa shape index (κ2) is 12.5. The summed E-state index contributed by atoms with van der Waals surface area (Å²) >= 11 is 0. The van der Waals surface area contributed by atoms with Crippen LogP contribution in [-0.2, 0) is 22.5 Å². The number of carboxylic acids is 1. The van der Waals surface area contributed by atoms with E-state index in [4.69, 9.17) is 25.1 Å². The van der Waals surface area contributed by atoms with Crippen molar-refractivity contribution in [3.05, 3.63) is 40.3 Å². The molecule has 1 fully saturated rings. The van der Waals surface area contributed by atoms with Gasteiger partial charge in [0.05, 0.1) is 13.0 Å². The number of nitrogen functional groups attached to an aromatic ring is 1. The Balaban J connectivity index is 1.24. The third kappa shape index (κ3) is 7.20. The molecule has 1 aliphatic rings. The van der Waals surface area contributed by atoms with Crippen LogP contribution in [0.15, 0.2) is 29.1 Å². The molecular weight excluding hydrogens is 480 g/mol. The average Bonchev–Trinajstić information content (AvgIpc) is 3.19. The Morgan fingerprint density at radius 3 is 2.73 bits per heavy atom. The number of aromatic nitrogens is 4. The number of hydrogen-bond acceptors (Lipinski definition) is 9. The minimum Gasteiger partial charge on any atom is -0.492 e. The number of nitrogens with two attached hydrogens (primary N) is 1. The number of aromatic amines is 1. The van der Waals surface area contributed by atoms with Gasteiger partial charge in [-0.3, -0.25) is 14.3 Å². The van der Waals surface area contributed by atoms with Gasteiger partial charge in [-0.25, -0.2) is 4.79 Å². The number of fused-ring (bicyclic) bond motifs is 1. The number of aliphatic carboxylic acids is 1. The van der Waals surface area contributed by atoms with Gasteiger partial charge in [0.2, 0.25) is 0 Å². The fourth-order valence-electron chi connectivity index (χ4n) is 4.54. The van der Waals surface area contributed by atoms with Crippen molar-refractivity contribution in [3.63, 3.8) is 0 Å². The number of carboxylic acid groups (broad SMARTS) is 1. The van der Waals surface area contributed by atoms with Gasteiger partial charge in [0.25, 0.3) is 0 Å². The summed E-state index contributed by atoms with van der Waals surface area (Å²) in [7, 11) is 1.58. The van der Waals surface area contributed by atoms with Gasteiger partial charge in [-0.05, 0) is 56.0 Å². The first-order chi connectivity index (χ1) is 17.9. The maximum absolute atomic E-state index is 12.6. The molecule has 37 heavy (non-hydrogen) atoms. The van der Waals surface area contributed by atoms with E-state index in [1.807, 2.05) is 12.1 Å². The fraction of sp³-hybridized carbons (Fsp3) is 0.520. The molecule has 1 aliphatic heterocycles. The van der Waals surface area contributed by atoms with E-state index in [0.717, 1.165) is 44.5 Å². The number of rotatable bonds is 13. The van der Waals surface area contributed by atoms with Crippen molar-refractivity contribution in [2.24, 2.45) is 5.92 Å². The summed E-state index contributed by atoms with van der Waals surface area (Å²) in [6, 6.07) is 7.35. The smallest absolute Gasteiger partial charge is 0.327 e. The molecule has 0 saturated carbocycles. The van der Waals surface area contributed by atoms with Crippen LogP contribution >= 0.6 is 0 Å². The molecule has 3 aromatic rings. The van der Waals surface area contributed by atoms with Gasteiger partial charge < -0.3 is 30.0 Å². The highest BCUT2D eigenvalue weighted by molar-refractivity contribution is 5.81. The summed E-state index contributed by atoms with van der Waals surface area (Å²) in [4.78, 5) is 37.1. The Hall–Kier alpha value is -3.64. The maximum atomic E-state index is 12.6. The SMILES string of the molecule is COCCOc1nc(N)c2[nH]c(=O)n(CCC3CCN(CCOc4cccc(CC(=O)O)c4)CC3)c2n1. The fourth-order valence-corrected chi connectivity index (χ4v) is 4.54. The highest BCUT2D eigenvalue weighted by Crippen LogP contribution is 2.23. The van der Waals surface area contributed by atoms with Gasteiger partial charge in [-0.2, -0.15) is 9.97 Å². The number of H-pyrrole nitrogens is 1. The Morgan fingerprint density at radius 1 is 1.16 bits per heavy atom. The molecule has 1 aromatic carbocycles. The lowest BCUT2D eigenvalue weighted by Gasteiger charge is -2.31. The summed E-state index contributed by atoms with van der Waals surface area (Å²) in [5, 5.41) is 8.95. The minimum atomic E-state index is -0.858. The summed E-state index contributed by atoms with van der Waals surface area (Å²) in [5.41, 5.74) is 7.36. The first-order valence-corrected chi connectivity index (χ1v) is 12.5. The molecule has 200 valence electrons. The molecule has 12 nitrogen and oxygen atoms in total. The lowest BCUT2D eigenvalue weighted by Crippen LogP contribution is -2.36. The van der Waals surface area contributed by atoms with Crippen LogP contribution in [0, 0.1) is 5.92 Å². The van der Waals surface area contributed by atoms with Crippen LogP contribution in [0.5, 0.6) is 11.8 Å². The highest BCUT2D eigenvalue weighted by Gasteiger charge is 2.21. The maximum Gasteiger partial charge on any atom is 0.327 e. The van der Waals surface area contributed by atoms with E-state index in [1.165, 1.54) is 0 Å². The zero-order valence-corrected chi connectivity index (χ0v) is 21.0. The zero-order valence-electron chi connectivity index (χ0n) is 21.0. The lowest BCUT2D eigenvalue weighted by molar-refractivity contribution is -0.136. The molecule has 0 radical (unpaired) electrons. The highest BCUT2D eigenvalue weighted by atomic mass is 16.5. The Labute approximate surface area is 214 Å². The molecule has 3 heterocycles. The number of piperidine rings is 1.